The van der Waals surface area contributed by atoms with Gasteiger partial charge in [-0.25, -0.2) is 4.98 Å². The molecule has 1 saturated carbocycles. The number of hydrogen-bond donors (Lipinski definition) is 1. The van der Waals surface area contributed by atoms with Gasteiger partial charge in [0.15, 0.2) is 0 Å². The van der Waals surface area contributed by atoms with Gasteiger partial charge in [0.1, 0.15) is 0 Å². The molecule has 1 aliphatic carbocycles. The Bertz CT molecular complexity index is 387. The van der Waals surface area contributed by atoms with E-state index in [1.165, 1.54) is 36.4 Å². The Hall–Kier alpha value is -0.410. The fourth-order valence-corrected chi connectivity index (χ4v) is 3.84. The van der Waals surface area contributed by atoms with Crippen molar-refractivity contribution >= 4 is 11.3 Å². The SMILES string of the molecule is CCNC(Cc1csc(C)n1)C1CCC(C)(C)CC1. The van der Waals surface area contributed by atoms with Crippen molar-refractivity contribution in [1.82, 2.24) is 10.3 Å². The van der Waals surface area contributed by atoms with Crippen molar-refractivity contribution in [3.05, 3.63) is 16.1 Å². The van der Waals surface area contributed by atoms with Crippen LogP contribution >= 0.6 is 11.3 Å². The molecule has 0 aliphatic heterocycles. The van der Waals surface area contributed by atoms with Gasteiger partial charge in [0, 0.05) is 17.8 Å². The first-order valence-corrected chi connectivity index (χ1v) is 8.52. The molecule has 0 aromatic carbocycles. The van der Waals surface area contributed by atoms with Gasteiger partial charge in [-0.05, 0) is 50.5 Å². The summed E-state index contributed by atoms with van der Waals surface area (Å²) in [5.74, 6) is 0.829. The Morgan fingerprint density at radius 2 is 2.11 bits per heavy atom. The van der Waals surface area contributed by atoms with E-state index < -0.39 is 0 Å². The zero-order valence-corrected chi connectivity index (χ0v) is 13.6. The summed E-state index contributed by atoms with van der Waals surface area (Å²) in [4.78, 5) is 4.63. The van der Waals surface area contributed by atoms with Crippen LogP contribution in [-0.4, -0.2) is 17.6 Å². The largest absolute Gasteiger partial charge is 0.314 e. The van der Waals surface area contributed by atoms with E-state index in [9.17, 15) is 0 Å². The summed E-state index contributed by atoms with van der Waals surface area (Å²) in [6, 6.07) is 0.614. The van der Waals surface area contributed by atoms with Gasteiger partial charge in [-0.2, -0.15) is 0 Å². The minimum atomic E-state index is 0.560. The van der Waals surface area contributed by atoms with Crippen LogP contribution in [0.1, 0.15) is 57.2 Å². The van der Waals surface area contributed by atoms with Crippen LogP contribution in [0.15, 0.2) is 5.38 Å². The molecule has 1 N–H and O–H groups in total. The van der Waals surface area contributed by atoms with Crippen molar-refractivity contribution in [3.8, 4) is 0 Å². The van der Waals surface area contributed by atoms with E-state index >= 15 is 0 Å². The molecule has 1 aromatic heterocycles. The van der Waals surface area contributed by atoms with E-state index in [0.717, 1.165) is 18.9 Å². The molecule has 1 aliphatic rings. The molecular weight excluding hydrogens is 252 g/mol. The Morgan fingerprint density at radius 3 is 2.63 bits per heavy atom. The molecule has 1 aromatic rings. The molecule has 0 spiro atoms. The molecule has 19 heavy (non-hydrogen) atoms. The molecule has 0 amide bonds. The lowest BCUT2D eigenvalue weighted by atomic mass is 9.70. The Labute approximate surface area is 122 Å². The number of rotatable bonds is 5. The maximum absolute atomic E-state index is 4.63. The van der Waals surface area contributed by atoms with Crippen molar-refractivity contribution in [2.45, 2.75) is 65.8 Å². The van der Waals surface area contributed by atoms with Crippen LogP contribution in [-0.2, 0) is 6.42 Å². The van der Waals surface area contributed by atoms with Crippen molar-refractivity contribution in [1.29, 1.82) is 0 Å². The van der Waals surface area contributed by atoms with E-state index in [2.05, 4.69) is 43.4 Å². The van der Waals surface area contributed by atoms with Crippen LogP contribution in [0.4, 0.5) is 0 Å². The summed E-state index contributed by atoms with van der Waals surface area (Å²) >= 11 is 1.77. The molecule has 3 heteroatoms. The van der Waals surface area contributed by atoms with E-state index in [1.54, 1.807) is 11.3 Å². The number of aromatic nitrogens is 1. The van der Waals surface area contributed by atoms with Gasteiger partial charge < -0.3 is 5.32 Å². The predicted octanol–water partition coefficient (Wildman–Crippen LogP) is 4.19. The van der Waals surface area contributed by atoms with Crippen LogP contribution in [0, 0.1) is 18.3 Å². The predicted molar refractivity (Wildman–Crippen MR) is 83.8 cm³/mol. The molecule has 0 radical (unpaired) electrons. The van der Waals surface area contributed by atoms with E-state index in [4.69, 9.17) is 0 Å². The summed E-state index contributed by atoms with van der Waals surface area (Å²) in [5, 5.41) is 7.12. The number of aryl methyl sites for hydroxylation is 1. The topological polar surface area (TPSA) is 24.9 Å². The Balaban J connectivity index is 1.96. The smallest absolute Gasteiger partial charge is 0.0897 e. The average molecular weight is 280 g/mol. The second-order valence-electron chi connectivity index (χ2n) is 6.73. The molecule has 1 fully saturated rings. The molecule has 2 rings (SSSR count). The van der Waals surface area contributed by atoms with Crippen molar-refractivity contribution in [2.24, 2.45) is 11.3 Å². The molecule has 0 saturated heterocycles. The third-order valence-electron chi connectivity index (χ3n) is 4.51. The minimum Gasteiger partial charge on any atom is -0.314 e. The first-order chi connectivity index (χ1) is 9.00. The summed E-state index contributed by atoms with van der Waals surface area (Å²) in [7, 11) is 0. The highest BCUT2D eigenvalue weighted by Gasteiger charge is 2.31. The van der Waals surface area contributed by atoms with Crippen LogP contribution in [0.2, 0.25) is 0 Å². The van der Waals surface area contributed by atoms with Gasteiger partial charge in [-0.1, -0.05) is 20.8 Å². The molecule has 1 heterocycles. The lowest BCUT2D eigenvalue weighted by Crippen LogP contribution is -2.40. The fourth-order valence-electron chi connectivity index (χ4n) is 3.22. The summed E-state index contributed by atoms with van der Waals surface area (Å²) in [6.45, 7) is 10.2. The Kier molecular flexibility index (Phi) is 5.02. The summed E-state index contributed by atoms with van der Waals surface area (Å²) < 4.78 is 0. The monoisotopic (exact) mass is 280 g/mol. The second-order valence-corrected chi connectivity index (χ2v) is 7.79. The van der Waals surface area contributed by atoms with E-state index in [-0.39, 0.29) is 0 Å². The first kappa shape index (κ1) is 15.0. The zero-order valence-electron chi connectivity index (χ0n) is 12.8. The number of nitrogens with zero attached hydrogens (tertiary/aromatic N) is 1. The molecule has 108 valence electrons. The van der Waals surface area contributed by atoms with Gasteiger partial charge in [-0.3, -0.25) is 0 Å². The van der Waals surface area contributed by atoms with Gasteiger partial charge in [0.05, 0.1) is 10.7 Å². The third-order valence-corrected chi connectivity index (χ3v) is 5.34. The second kappa shape index (κ2) is 6.36. The third kappa shape index (κ3) is 4.28. The fraction of sp³-hybridized carbons (Fsp3) is 0.812. The maximum Gasteiger partial charge on any atom is 0.0897 e. The molecule has 2 nitrogen and oxygen atoms in total. The van der Waals surface area contributed by atoms with E-state index in [0.29, 0.717) is 11.5 Å². The van der Waals surface area contributed by atoms with Gasteiger partial charge in [-0.15, -0.1) is 11.3 Å². The maximum atomic E-state index is 4.63. The van der Waals surface area contributed by atoms with Crippen molar-refractivity contribution < 1.29 is 0 Å². The van der Waals surface area contributed by atoms with Gasteiger partial charge in [0.2, 0.25) is 0 Å². The molecule has 0 bridgehead atoms. The van der Waals surface area contributed by atoms with Crippen LogP contribution in [0.25, 0.3) is 0 Å². The number of likely N-dealkylation sites (N-methyl/N-ethyl adjacent to an activating group) is 1. The number of nitrogens with one attached hydrogen (secondary N) is 1. The summed E-state index contributed by atoms with van der Waals surface area (Å²) in [5.41, 5.74) is 1.84. The summed E-state index contributed by atoms with van der Waals surface area (Å²) in [6.07, 6.45) is 6.58. The van der Waals surface area contributed by atoms with Gasteiger partial charge >= 0.3 is 0 Å². The van der Waals surface area contributed by atoms with Gasteiger partial charge in [0.25, 0.3) is 0 Å². The van der Waals surface area contributed by atoms with Crippen molar-refractivity contribution in [2.75, 3.05) is 6.54 Å². The van der Waals surface area contributed by atoms with Crippen molar-refractivity contribution in [3.63, 3.8) is 0 Å². The average Bonchev–Trinajstić information content (AvgIpc) is 2.74. The normalized spacial score (nSPS) is 21.5. The quantitative estimate of drug-likeness (QED) is 0.875. The first-order valence-electron chi connectivity index (χ1n) is 7.64. The lowest BCUT2D eigenvalue weighted by molar-refractivity contribution is 0.161. The minimum absolute atomic E-state index is 0.560. The standard InChI is InChI=1S/C16H28N2S/c1-5-17-15(10-14-11-19-12(2)18-14)13-6-8-16(3,4)9-7-13/h11,13,15,17H,5-10H2,1-4H3. The lowest BCUT2D eigenvalue weighted by Gasteiger charge is -2.38. The highest BCUT2D eigenvalue weighted by atomic mass is 32.1. The highest BCUT2D eigenvalue weighted by molar-refractivity contribution is 7.09. The highest BCUT2D eigenvalue weighted by Crippen LogP contribution is 2.39. The zero-order chi connectivity index (χ0) is 13.9. The molecular formula is C16H28N2S. The Morgan fingerprint density at radius 1 is 1.42 bits per heavy atom. The van der Waals surface area contributed by atoms with Crippen LogP contribution in [0.5, 0.6) is 0 Å². The van der Waals surface area contributed by atoms with Crippen LogP contribution < -0.4 is 5.32 Å². The number of hydrogen-bond acceptors (Lipinski definition) is 3. The molecule has 1 atom stereocenters. The van der Waals surface area contributed by atoms with E-state index in [1.807, 2.05) is 0 Å². The van der Waals surface area contributed by atoms with Crippen LogP contribution in [0.3, 0.4) is 0 Å². The molecule has 1 unspecified atom stereocenters. The number of thiazole rings is 1.